The lowest BCUT2D eigenvalue weighted by Gasteiger charge is -2.10. The number of anilines is 1. The Morgan fingerprint density at radius 1 is 1.21 bits per heavy atom. The summed E-state index contributed by atoms with van der Waals surface area (Å²) in [4.78, 5) is 12.1. The SMILES string of the molecule is Cc1ccc(C)c(NC(=O)c2c(F)cccc2Cl)c1. The minimum atomic E-state index is -0.629. The third-order valence-corrected chi connectivity index (χ3v) is 3.15. The van der Waals surface area contributed by atoms with E-state index < -0.39 is 11.7 Å². The molecule has 0 fully saturated rings. The van der Waals surface area contributed by atoms with E-state index in [0.717, 1.165) is 11.1 Å². The van der Waals surface area contributed by atoms with Gasteiger partial charge in [-0.05, 0) is 43.2 Å². The number of aryl methyl sites for hydroxylation is 2. The molecule has 0 atom stereocenters. The van der Waals surface area contributed by atoms with Gasteiger partial charge in [-0.3, -0.25) is 4.79 Å². The molecule has 0 spiro atoms. The number of hydrogen-bond acceptors (Lipinski definition) is 1. The molecule has 2 aromatic carbocycles. The standard InChI is InChI=1S/C15H13ClFNO/c1-9-6-7-10(2)13(8-9)18-15(19)14-11(16)4-3-5-12(14)17/h3-8H,1-2H3,(H,18,19). The average molecular weight is 278 g/mol. The van der Waals surface area contributed by atoms with Crippen molar-refractivity contribution in [1.29, 1.82) is 0 Å². The third kappa shape index (κ3) is 2.93. The van der Waals surface area contributed by atoms with Crippen molar-refractivity contribution in [3.05, 3.63) is 63.9 Å². The van der Waals surface area contributed by atoms with Crippen LogP contribution < -0.4 is 5.32 Å². The summed E-state index contributed by atoms with van der Waals surface area (Å²) in [6, 6.07) is 9.84. The van der Waals surface area contributed by atoms with Crippen LogP contribution in [0, 0.1) is 19.7 Å². The Labute approximate surface area is 116 Å². The molecule has 0 aliphatic carbocycles. The summed E-state index contributed by atoms with van der Waals surface area (Å²) in [6.07, 6.45) is 0. The molecule has 1 amide bonds. The molecule has 0 saturated heterocycles. The molecule has 0 aliphatic rings. The van der Waals surface area contributed by atoms with Crippen molar-refractivity contribution in [2.45, 2.75) is 13.8 Å². The summed E-state index contributed by atoms with van der Waals surface area (Å²) in [5.41, 5.74) is 2.45. The van der Waals surface area contributed by atoms with Crippen LogP contribution in [0.25, 0.3) is 0 Å². The highest BCUT2D eigenvalue weighted by molar-refractivity contribution is 6.34. The number of carbonyl (C=O) groups excluding carboxylic acids is 1. The second kappa shape index (κ2) is 5.41. The lowest BCUT2D eigenvalue weighted by Crippen LogP contribution is -2.15. The van der Waals surface area contributed by atoms with Crippen LogP contribution in [0.4, 0.5) is 10.1 Å². The summed E-state index contributed by atoms with van der Waals surface area (Å²) < 4.78 is 13.6. The van der Waals surface area contributed by atoms with E-state index in [1.54, 1.807) is 0 Å². The van der Waals surface area contributed by atoms with Crippen LogP contribution in [-0.4, -0.2) is 5.91 Å². The molecule has 2 aromatic rings. The molecule has 0 aromatic heterocycles. The summed E-state index contributed by atoms with van der Waals surface area (Å²) in [5.74, 6) is -1.17. The number of benzene rings is 2. The van der Waals surface area contributed by atoms with Crippen LogP contribution >= 0.6 is 11.6 Å². The Kier molecular flexibility index (Phi) is 3.86. The number of hydrogen-bond donors (Lipinski definition) is 1. The molecule has 2 rings (SSSR count). The van der Waals surface area contributed by atoms with Gasteiger partial charge in [0.15, 0.2) is 0 Å². The maximum atomic E-state index is 13.6. The van der Waals surface area contributed by atoms with Crippen LogP contribution in [0.2, 0.25) is 5.02 Å². The van der Waals surface area contributed by atoms with Gasteiger partial charge < -0.3 is 5.32 Å². The summed E-state index contributed by atoms with van der Waals surface area (Å²) in [6.45, 7) is 3.79. The zero-order valence-corrected chi connectivity index (χ0v) is 11.4. The van der Waals surface area contributed by atoms with Gasteiger partial charge in [0.1, 0.15) is 5.82 Å². The van der Waals surface area contributed by atoms with E-state index in [-0.39, 0.29) is 10.6 Å². The van der Waals surface area contributed by atoms with Crippen LogP contribution in [0.1, 0.15) is 21.5 Å². The summed E-state index contributed by atoms with van der Waals surface area (Å²) >= 11 is 5.86. The van der Waals surface area contributed by atoms with Gasteiger partial charge in [-0.1, -0.05) is 29.8 Å². The lowest BCUT2D eigenvalue weighted by molar-refractivity contribution is 0.102. The highest BCUT2D eigenvalue weighted by Crippen LogP contribution is 2.22. The molecule has 19 heavy (non-hydrogen) atoms. The fourth-order valence-corrected chi connectivity index (χ4v) is 2.02. The number of halogens is 2. The monoisotopic (exact) mass is 277 g/mol. The number of rotatable bonds is 2. The normalized spacial score (nSPS) is 10.3. The first-order valence-electron chi connectivity index (χ1n) is 5.81. The van der Waals surface area contributed by atoms with Gasteiger partial charge in [-0.15, -0.1) is 0 Å². The van der Waals surface area contributed by atoms with Gasteiger partial charge >= 0.3 is 0 Å². The second-order valence-corrected chi connectivity index (χ2v) is 4.78. The van der Waals surface area contributed by atoms with E-state index in [0.29, 0.717) is 5.69 Å². The molecule has 0 unspecified atom stereocenters. The third-order valence-electron chi connectivity index (χ3n) is 2.83. The molecular weight excluding hydrogens is 265 g/mol. The fourth-order valence-electron chi connectivity index (χ4n) is 1.77. The largest absolute Gasteiger partial charge is 0.322 e. The number of nitrogens with one attached hydrogen (secondary N) is 1. The van der Waals surface area contributed by atoms with Crippen LogP contribution in [0.15, 0.2) is 36.4 Å². The molecule has 1 N–H and O–H groups in total. The molecule has 0 heterocycles. The first kappa shape index (κ1) is 13.6. The maximum absolute atomic E-state index is 13.6. The average Bonchev–Trinajstić information content (AvgIpc) is 2.33. The van der Waals surface area contributed by atoms with Crippen molar-refractivity contribution in [1.82, 2.24) is 0 Å². The first-order valence-corrected chi connectivity index (χ1v) is 6.19. The predicted octanol–water partition coefficient (Wildman–Crippen LogP) is 4.35. The van der Waals surface area contributed by atoms with Crippen LogP contribution in [-0.2, 0) is 0 Å². The lowest BCUT2D eigenvalue weighted by atomic mass is 10.1. The zero-order chi connectivity index (χ0) is 14.0. The molecule has 98 valence electrons. The van der Waals surface area contributed by atoms with E-state index >= 15 is 0 Å². The van der Waals surface area contributed by atoms with E-state index in [1.165, 1.54) is 18.2 Å². The second-order valence-electron chi connectivity index (χ2n) is 4.37. The van der Waals surface area contributed by atoms with E-state index in [9.17, 15) is 9.18 Å². The Hall–Kier alpha value is -1.87. The molecular formula is C15H13ClFNO. The minimum Gasteiger partial charge on any atom is -0.322 e. The molecule has 0 aliphatic heterocycles. The minimum absolute atomic E-state index is 0.0998. The zero-order valence-electron chi connectivity index (χ0n) is 10.6. The highest BCUT2D eigenvalue weighted by atomic mass is 35.5. The van der Waals surface area contributed by atoms with Crippen molar-refractivity contribution in [3.63, 3.8) is 0 Å². The van der Waals surface area contributed by atoms with E-state index in [1.807, 2.05) is 32.0 Å². The van der Waals surface area contributed by atoms with E-state index in [4.69, 9.17) is 11.6 Å². The van der Waals surface area contributed by atoms with Gasteiger partial charge in [-0.2, -0.15) is 0 Å². The summed E-state index contributed by atoms with van der Waals surface area (Å²) in [5, 5.41) is 2.79. The quantitative estimate of drug-likeness (QED) is 0.869. The van der Waals surface area contributed by atoms with E-state index in [2.05, 4.69) is 5.32 Å². The van der Waals surface area contributed by atoms with Crippen molar-refractivity contribution in [2.75, 3.05) is 5.32 Å². The Balaban J connectivity index is 2.34. The molecule has 4 heteroatoms. The topological polar surface area (TPSA) is 29.1 Å². The van der Waals surface area contributed by atoms with Crippen molar-refractivity contribution in [2.24, 2.45) is 0 Å². The van der Waals surface area contributed by atoms with Gasteiger partial charge in [-0.25, -0.2) is 4.39 Å². The molecule has 0 bridgehead atoms. The maximum Gasteiger partial charge on any atom is 0.260 e. The summed E-state index contributed by atoms with van der Waals surface area (Å²) in [7, 11) is 0. The van der Waals surface area contributed by atoms with Gasteiger partial charge in [0.2, 0.25) is 0 Å². The van der Waals surface area contributed by atoms with Crippen LogP contribution in [0.5, 0.6) is 0 Å². The van der Waals surface area contributed by atoms with Crippen molar-refractivity contribution < 1.29 is 9.18 Å². The Bertz CT molecular complexity index is 620. The molecule has 0 radical (unpaired) electrons. The predicted molar refractivity (Wildman–Crippen MR) is 75.3 cm³/mol. The number of amides is 1. The van der Waals surface area contributed by atoms with Crippen molar-refractivity contribution >= 4 is 23.2 Å². The Morgan fingerprint density at radius 2 is 1.95 bits per heavy atom. The Morgan fingerprint density at radius 3 is 2.63 bits per heavy atom. The smallest absolute Gasteiger partial charge is 0.260 e. The molecule has 0 saturated carbocycles. The number of carbonyl (C=O) groups is 1. The molecule has 2 nitrogen and oxygen atoms in total. The fraction of sp³-hybridized carbons (Fsp3) is 0.133. The van der Waals surface area contributed by atoms with Gasteiger partial charge in [0.05, 0.1) is 10.6 Å². The first-order chi connectivity index (χ1) is 8.99. The van der Waals surface area contributed by atoms with Crippen LogP contribution in [0.3, 0.4) is 0 Å². The van der Waals surface area contributed by atoms with Crippen molar-refractivity contribution in [3.8, 4) is 0 Å². The van der Waals surface area contributed by atoms with Gasteiger partial charge in [0, 0.05) is 5.69 Å². The van der Waals surface area contributed by atoms with Gasteiger partial charge in [0.25, 0.3) is 5.91 Å². The highest BCUT2D eigenvalue weighted by Gasteiger charge is 2.16.